The Labute approximate surface area is 120 Å². The molecule has 0 amide bonds. The first-order valence-electron chi connectivity index (χ1n) is 5.00. The second-order valence-corrected chi connectivity index (χ2v) is 6.59. The van der Waals surface area contributed by atoms with Gasteiger partial charge < -0.3 is 0 Å². The van der Waals surface area contributed by atoms with Crippen LogP contribution in [0.2, 0.25) is 9.49 Å². The summed E-state index contributed by atoms with van der Waals surface area (Å²) in [6, 6.07) is 0. The van der Waals surface area contributed by atoms with Crippen molar-refractivity contribution in [2.24, 2.45) is 0 Å². The first-order valence-corrected chi connectivity index (χ1v) is 7.36. The molecule has 1 fully saturated rings. The van der Waals surface area contributed by atoms with Gasteiger partial charge in [-0.05, 0) is 28.8 Å². The maximum Gasteiger partial charge on any atom is 0.190 e. The van der Waals surface area contributed by atoms with Gasteiger partial charge in [0, 0.05) is 5.92 Å². The van der Waals surface area contributed by atoms with E-state index >= 15 is 0 Å². The molecule has 88 valence electrons. The Morgan fingerprint density at radius 3 is 2.65 bits per heavy atom. The number of halogens is 3. The second kappa shape index (κ2) is 4.46. The van der Waals surface area contributed by atoms with Crippen LogP contribution in [0, 0.1) is 0 Å². The van der Waals surface area contributed by atoms with Gasteiger partial charge in [-0.2, -0.15) is 0 Å². The minimum Gasteiger partial charge on any atom is -0.240 e. The molecule has 7 heteroatoms. The highest BCUT2D eigenvalue weighted by molar-refractivity contribution is 9.10. The second-order valence-electron chi connectivity index (χ2n) is 3.78. The zero-order valence-electron chi connectivity index (χ0n) is 8.45. The molecule has 2 aromatic rings. The molecule has 0 atom stereocenters. The van der Waals surface area contributed by atoms with Crippen LogP contribution in [0.15, 0.2) is 10.7 Å². The monoisotopic (exact) mass is 349 g/mol. The number of hydrogen-bond donors (Lipinski definition) is 0. The van der Waals surface area contributed by atoms with Crippen molar-refractivity contribution in [3.05, 3.63) is 25.9 Å². The quantitative estimate of drug-likeness (QED) is 0.746. The molecule has 0 aromatic carbocycles. The van der Waals surface area contributed by atoms with Crippen molar-refractivity contribution in [3.63, 3.8) is 0 Å². The Kier molecular flexibility index (Phi) is 3.11. The van der Waals surface area contributed by atoms with Gasteiger partial charge in [-0.25, -0.2) is 15.0 Å². The van der Waals surface area contributed by atoms with Gasteiger partial charge in [0.25, 0.3) is 0 Å². The van der Waals surface area contributed by atoms with Gasteiger partial charge in [0.05, 0.1) is 16.4 Å². The lowest BCUT2D eigenvalue weighted by Crippen LogP contribution is -1.96. The summed E-state index contributed by atoms with van der Waals surface area (Å²) in [5, 5.41) is 1.13. The summed E-state index contributed by atoms with van der Waals surface area (Å²) in [5.74, 6) is 1.05. The van der Waals surface area contributed by atoms with E-state index in [1.807, 2.05) is 0 Å². The Hall–Kier alpha value is -0.230. The van der Waals surface area contributed by atoms with Gasteiger partial charge in [0.2, 0.25) is 0 Å². The third kappa shape index (κ3) is 2.34. The van der Waals surface area contributed by atoms with Crippen molar-refractivity contribution in [2.45, 2.75) is 18.8 Å². The highest BCUT2D eigenvalue weighted by Crippen LogP contribution is 2.44. The molecular weight excluding hydrogens is 345 g/mol. The average molecular weight is 351 g/mol. The molecule has 0 aliphatic heterocycles. The van der Waals surface area contributed by atoms with Gasteiger partial charge in [-0.15, -0.1) is 0 Å². The highest BCUT2D eigenvalue weighted by Gasteiger charge is 2.29. The molecule has 0 N–H and O–H groups in total. The van der Waals surface area contributed by atoms with Crippen molar-refractivity contribution in [3.8, 4) is 10.8 Å². The molecule has 0 unspecified atom stereocenters. The van der Waals surface area contributed by atoms with Crippen molar-refractivity contribution < 1.29 is 0 Å². The SMILES string of the molecule is Clc1cnc(-c2nc(Cl)c(Br)c(C3CC3)n2)s1. The van der Waals surface area contributed by atoms with E-state index in [0.29, 0.717) is 26.2 Å². The fourth-order valence-electron chi connectivity index (χ4n) is 1.52. The third-order valence-electron chi connectivity index (χ3n) is 2.47. The van der Waals surface area contributed by atoms with Crippen LogP contribution >= 0.6 is 50.5 Å². The lowest BCUT2D eigenvalue weighted by Gasteiger charge is -2.05. The van der Waals surface area contributed by atoms with Gasteiger partial charge in [0.15, 0.2) is 10.8 Å². The highest BCUT2D eigenvalue weighted by atomic mass is 79.9. The molecule has 0 spiro atoms. The molecule has 0 saturated heterocycles. The van der Waals surface area contributed by atoms with Gasteiger partial charge in [0.1, 0.15) is 9.49 Å². The van der Waals surface area contributed by atoms with Crippen LogP contribution in [0.1, 0.15) is 24.5 Å². The van der Waals surface area contributed by atoms with Crippen molar-refractivity contribution >= 4 is 50.5 Å². The van der Waals surface area contributed by atoms with Crippen molar-refractivity contribution in [1.82, 2.24) is 15.0 Å². The molecule has 3 rings (SSSR count). The van der Waals surface area contributed by atoms with Crippen LogP contribution in [-0.4, -0.2) is 15.0 Å². The molecule has 3 nitrogen and oxygen atoms in total. The molecule has 17 heavy (non-hydrogen) atoms. The summed E-state index contributed by atoms with van der Waals surface area (Å²) in [7, 11) is 0. The predicted octanol–water partition coefficient (Wildman–Crippen LogP) is 4.55. The molecule has 2 heterocycles. The van der Waals surface area contributed by atoms with E-state index in [1.165, 1.54) is 11.3 Å². The van der Waals surface area contributed by atoms with Crippen LogP contribution < -0.4 is 0 Å². The molecule has 0 bridgehead atoms. The zero-order chi connectivity index (χ0) is 12.0. The first-order chi connectivity index (χ1) is 8.15. The standard InChI is InChI=1S/C10H6BrCl2N3S/c11-6-7(4-1-2-4)15-9(16-8(6)13)10-14-3-5(12)17-10/h3-4H,1-2H2. The van der Waals surface area contributed by atoms with Crippen LogP contribution in [0.25, 0.3) is 10.8 Å². The molecule has 0 radical (unpaired) electrons. The fraction of sp³-hybridized carbons (Fsp3) is 0.300. The van der Waals surface area contributed by atoms with Gasteiger partial charge >= 0.3 is 0 Å². The Bertz CT molecular complexity index is 583. The largest absolute Gasteiger partial charge is 0.240 e. The summed E-state index contributed by atoms with van der Waals surface area (Å²) in [5.41, 5.74) is 0.978. The van der Waals surface area contributed by atoms with E-state index in [9.17, 15) is 0 Å². The predicted molar refractivity (Wildman–Crippen MR) is 72.8 cm³/mol. The minimum atomic E-state index is 0.434. The van der Waals surface area contributed by atoms with Crippen LogP contribution in [0.5, 0.6) is 0 Å². The fourth-order valence-corrected chi connectivity index (χ4v) is 3.04. The van der Waals surface area contributed by atoms with Crippen molar-refractivity contribution in [1.29, 1.82) is 0 Å². The number of thiazole rings is 1. The smallest absolute Gasteiger partial charge is 0.190 e. The summed E-state index contributed by atoms with van der Waals surface area (Å²) in [4.78, 5) is 12.9. The minimum absolute atomic E-state index is 0.434. The molecule has 1 saturated carbocycles. The van der Waals surface area contributed by atoms with E-state index in [0.717, 1.165) is 23.0 Å². The van der Waals surface area contributed by atoms with Crippen LogP contribution in [-0.2, 0) is 0 Å². The lowest BCUT2D eigenvalue weighted by molar-refractivity contribution is 0.977. The first kappa shape index (κ1) is 11.8. The summed E-state index contributed by atoms with van der Waals surface area (Å²) >= 11 is 16.7. The average Bonchev–Trinajstić information content (AvgIpc) is 3.05. The number of aromatic nitrogens is 3. The Morgan fingerprint density at radius 2 is 2.06 bits per heavy atom. The maximum atomic E-state index is 6.09. The zero-order valence-corrected chi connectivity index (χ0v) is 12.4. The Morgan fingerprint density at radius 1 is 1.29 bits per heavy atom. The summed E-state index contributed by atoms with van der Waals surface area (Å²) < 4.78 is 1.42. The third-order valence-corrected chi connectivity index (χ3v) is 4.86. The molecule has 1 aliphatic rings. The van der Waals surface area contributed by atoms with E-state index in [-0.39, 0.29) is 0 Å². The van der Waals surface area contributed by atoms with E-state index < -0.39 is 0 Å². The number of hydrogen-bond acceptors (Lipinski definition) is 4. The normalized spacial score (nSPS) is 15.2. The number of rotatable bonds is 2. The molecular formula is C10H6BrCl2N3S. The van der Waals surface area contributed by atoms with Crippen LogP contribution in [0.4, 0.5) is 0 Å². The lowest BCUT2D eigenvalue weighted by atomic mass is 10.3. The van der Waals surface area contributed by atoms with Crippen molar-refractivity contribution in [2.75, 3.05) is 0 Å². The summed E-state index contributed by atoms with van der Waals surface area (Å²) in [6.07, 6.45) is 3.91. The van der Waals surface area contributed by atoms with E-state index in [1.54, 1.807) is 6.20 Å². The maximum absolute atomic E-state index is 6.09. The van der Waals surface area contributed by atoms with Gasteiger partial charge in [-0.1, -0.05) is 34.5 Å². The van der Waals surface area contributed by atoms with E-state index in [2.05, 4.69) is 30.9 Å². The topological polar surface area (TPSA) is 38.7 Å². The Balaban J connectivity index is 2.11. The van der Waals surface area contributed by atoms with E-state index in [4.69, 9.17) is 23.2 Å². The molecule has 2 aromatic heterocycles. The summed E-state index contributed by atoms with van der Waals surface area (Å²) in [6.45, 7) is 0. The van der Waals surface area contributed by atoms with Gasteiger partial charge in [-0.3, -0.25) is 0 Å². The molecule has 1 aliphatic carbocycles. The van der Waals surface area contributed by atoms with Crippen LogP contribution in [0.3, 0.4) is 0 Å². The number of nitrogens with zero attached hydrogens (tertiary/aromatic N) is 3.